The minimum absolute atomic E-state index is 0.0701. The number of rotatable bonds is 9. The van der Waals surface area contributed by atoms with Gasteiger partial charge in [0, 0.05) is 23.7 Å². The van der Waals surface area contributed by atoms with Crippen molar-refractivity contribution in [3.63, 3.8) is 0 Å². The first-order valence-electron chi connectivity index (χ1n) is 8.76. The van der Waals surface area contributed by atoms with Crippen LogP contribution in [0.4, 0.5) is 0 Å². The first kappa shape index (κ1) is 20.7. The van der Waals surface area contributed by atoms with Crippen LogP contribution >= 0.6 is 34.9 Å². The number of hydrogen-bond donors (Lipinski definition) is 1. The number of aryl methyl sites for hydroxylation is 1. The molecule has 8 heteroatoms. The molecule has 0 spiro atoms. The van der Waals surface area contributed by atoms with Crippen LogP contribution in [0.15, 0.2) is 63.2 Å². The lowest BCUT2D eigenvalue weighted by atomic mass is 10.2. The smallest absolute Gasteiger partial charge is 0.272 e. The quantitative estimate of drug-likeness (QED) is 0.241. The maximum atomic E-state index is 12.6. The highest BCUT2D eigenvalue weighted by Crippen LogP contribution is 2.21. The molecule has 1 amide bonds. The van der Waals surface area contributed by atoms with Crippen molar-refractivity contribution in [2.75, 3.05) is 18.1 Å². The Morgan fingerprint density at radius 3 is 2.82 bits per heavy atom. The Kier molecular flexibility index (Phi) is 7.36. The van der Waals surface area contributed by atoms with Crippen molar-refractivity contribution in [3.8, 4) is 0 Å². The number of hydrogen-bond acceptors (Lipinski definition) is 6. The molecule has 146 valence electrons. The van der Waals surface area contributed by atoms with Gasteiger partial charge in [-0.05, 0) is 30.5 Å². The Morgan fingerprint density at radius 1 is 1.29 bits per heavy atom. The summed E-state index contributed by atoms with van der Waals surface area (Å²) in [5.74, 6) is 0.952. The number of thiophene rings is 1. The van der Waals surface area contributed by atoms with Crippen LogP contribution < -0.4 is 10.9 Å². The number of thioether (sulfide) groups is 2. The Bertz CT molecular complexity index is 1030. The van der Waals surface area contributed by atoms with E-state index in [1.54, 1.807) is 22.4 Å². The van der Waals surface area contributed by atoms with E-state index in [9.17, 15) is 9.59 Å². The molecule has 0 aliphatic carbocycles. The second-order valence-corrected chi connectivity index (χ2v) is 9.06. The fourth-order valence-corrected chi connectivity index (χ4v) is 4.88. The molecule has 0 aliphatic heterocycles. The van der Waals surface area contributed by atoms with E-state index >= 15 is 0 Å². The summed E-state index contributed by atoms with van der Waals surface area (Å²) in [6.45, 7) is 6.73. The summed E-state index contributed by atoms with van der Waals surface area (Å²) in [5.41, 5.74) is 1.82. The average Bonchev–Trinajstić information content (AvgIpc) is 3.16. The predicted molar refractivity (Wildman–Crippen MR) is 120 cm³/mol. The first-order valence-corrected chi connectivity index (χ1v) is 11.6. The van der Waals surface area contributed by atoms with Gasteiger partial charge < -0.3 is 5.32 Å². The molecule has 0 saturated heterocycles. The zero-order chi connectivity index (χ0) is 19.9. The lowest BCUT2D eigenvalue weighted by Crippen LogP contribution is -2.28. The number of nitrogens with one attached hydrogen (secondary N) is 1. The monoisotopic (exact) mass is 431 g/mol. The number of allylic oxidation sites excluding steroid dienone is 1. The Hall–Kier alpha value is -2.03. The minimum atomic E-state index is -0.0858. The molecule has 28 heavy (non-hydrogen) atoms. The predicted octanol–water partition coefficient (Wildman–Crippen LogP) is 3.95. The number of nitrogens with zero attached hydrogens (tertiary/aromatic N) is 2. The maximum Gasteiger partial charge on any atom is 0.272 e. The van der Waals surface area contributed by atoms with E-state index in [-0.39, 0.29) is 17.2 Å². The van der Waals surface area contributed by atoms with Crippen LogP contribution in [0.3, 0.4) is 0 Å². The van der Waals surface area contributed by atoms with Crippen molar-refractivity contribution in [2.24, 2.45) is 0 Å². The molecule has 2 aromatic heterocycles. The Balaban J connectivity index is 1.52. The van der Waals surface area contributed by atoms with E-state index in [0.717, 1.165) is 5.75 Å². The van der Waals surface area contributed by atoms with Gasteiger partial charge in [-0.1, -0.05) is 35.5 Å². The van der Waals surface area contributed by atoms with Gasteiger partial charge in [0.1, 0.15) is 4.70 Å². The van der Waals surface area contributed by atoms with Gasteiger partial charge in [0.15, 0.2) is 5.16 Å². The van der Waals surface area contributed by atoms with Gasteiger partial charge in [-0.2, -0.15) is 0 Å². The molecule has 0 atom stereocenters. The molecule has 0 fully saturated rings. The van der Waals surface area contributed by atoms with E-state index in [4.69, 9.17) is 0 Å². The van der Waals surface area contributed by atoms with Gasteiger partial charge in [-0.15, -0.1) is 29.7 Å². The third-order valence-electron chi connectivity index (χ3n) is 3.89. The van der Waals surface area contributed by atoms with Crippen LogP contribution in [0.25, 0.3) is 10.2 Å². The summed E-state index contributed by atoms with van der Waals surface area (Å²) in [6, 6.07) is 10.2. The molecular formula is C20H21N3O2S3. The molecule has 3 aromatic rings. The fraction of sp³-hybridized carbons (Fsp3) is 0.250. The third-order valence-corrected chi connectivity index (χ3v) is 6.77. The SMILES string of the molecule is C=CCn1c(SCC(=O)NCCSc2ccc(C)cc2)nc2ccsc2c1=O. The zero-order valence-corrected chi connectivity index (χ0v) is 18.0. The summed E-state index contributed by atoms with van der Waals surface area (Å²) in [4.78, 5) is 30.5. The lowest BCUT2D eigenvalue weighted by molar-refractivity contribution is -0.118. The van der Waals surface area contributed by atoms with Gasteiger partial charge >= 0.3 is 0 Å². The molecule has 0 radical (unpaired) electrons. The topological polar surface area (TPSA) is 64.0 Å². The second-order valence-electron chi connectivity index (χ2n) is 6.03. The summed E-state index contributed by atoms with van der Waals surface area (Å²) >= 11 is 4.36. The number of benzene rings is 1. The molecule has 0 unspecified atom stereocenters. The van der Waals surface area contributed by atoms with Crippen molar-refractivity contribution >= 4 is 51.0 Å². The van der Waals surface area contributed by atoms with E-state index < -0.39 is 0 Å². The highest BCUT2D eigenvalue weighted by molar-refractivity contribution is 7.99. The summed E-state index contributed by atoms with van der Waals surface area (Å²) in [7, 11) is 0. The van der Waals surface area contributed by atoms with Gasteiger partial charge in [0.25, 0.3) is 5.56 Å². The highest BCUT2D eigenvalue weighted by Gasteiger charge is 2.13. The van der Waals surface area contributed by atoms with Gasteiger partial charge in [0.05, 0.1) is 11.3 Å². The number of carbonyl (C=O) groups is 1. The Morgan fingerprint density at radius 2 is 2.07 bits per heavy atom. The fourth-order valence-electron chi connectivity index (χ4n) is 2.50. The number of amides is 1. The Labute approximate surface area is 176 Å². The molecule has 3 rings (SSSR count). The molecular weight excluding hydrogens is 410 g/mol. The minimum Gasteiger partial charge on any atom is -0.355 e. The van der Waals surface area contributed by atoms with E-state index in [1.165, 1.54) is 33.6 Å². The van der Waals surface area contributed by atoms with E-state index in [0.29, 0.717) is 28.5 Å². The zero-order valence-electron chi connectivity index (χ0n) is 15.5. The van der Waals surface area contributed by atoms with Crippen LogP contribution in [0.2, 0.25) is 0 Å². The van der Waals surface area contributed by atoms with Gasteiger partial charge in [-0.25, -0.2) is 4.98 Å². The number of aromatic nitrogens is 2. The molecule has 1 N–H and O–H groups in total. The molecule has 0 saturated carbocycles. The highest BCUT2D eigenvalue weighted by atomic mass is 32.2. The molecule has 5 nitrogen and oxygen atoms in total. The van der Waals surface area contributed by atoms with Crippen LogP contribution in [0.1, 0.15) is 5.56 Å². The van der Waals surface area contributed by atoms with Crippen molar-refractivity contribution in [1.29, 1.82) is 0 Å². The standard InChI is InChI=1S/C20H21N3O2S3/c1-3-10-23-19(25)18-16(8-11-27-18)22-20(23)28-13-17(24)21-9-12-26-15-6-4-14(2)5-7-15/h3-8,11H,1,9-10,12-13H2,2H3,(H,21,24). The molecule has 2 heterocycles. The third kappa shape index (κ3) is 5.27. The average molecular weight is 432 g/mol. The molecule has 0 bridgehead atoms. The largest absolute Gasteiger partial charge is 0.355 e. The summed E-state index contributed by atoms with van der Waals surface area (Å²) in [5, 5.41) is 5.31. The number of carbonyl (C=O) groups excluding carboxylic acids is 1. The summed E-state index contributed by atoms with van der Waals surface area (Å²) < 4.78 is 2.19. The van der Waals surface area contributed by atoms with Crippen molar-refractivity contribution in [2.45, 2.75) is 23.5 Å². The lowest BCUT2D eigenvalue weighted by Gasteiger charge is -2.10. The van der Waals surface area contributed by atoms with Crippen LogP contribution in [0, 0.1) is 6.92 Å². The van der Waals surface area contributed by atoms with Crippen molar-refractivity contribution < 1.29 is 4.79 Å². The second kappa shape index (κ2) is 9.95. The van der Waals surface area contributed by atoms with Gasteiger partial charge in [0.2, 0.25) is 5.91 Å². The molecule has 0 aliphatic rings. The van der Waals surface area contributed by atoms with Gasteiger partial charge in [-0.3, -0.25) is 14.2 Å². The maximum absolute atomic E-state index is 12.6. The number of fused-ring (bicyclic) bond motifs is 1. The normalized spacial score (nSPS) is 10.9. The van der Waals surface area contributed by atoms with E-state index in [1.807, 2.05) is 11.4 Å². The van der Waals surface area contributed by atoms with Crippen molar-refractivity contribution in [1.82, 2.24) is 14.9 Å². The first-order chi connectivity index (χ1) is 13.6. The molecule has 1 aromatic carbocycles. The van der Waals surface area contributed by atoms with Crippen molar-refractivity contribution in [3.05, 3.63) is 64.3 Å². The van der Waals surface area contributed by atoms with Crippen LogP contribution in [-0.2, 0) is 11.3 Å². The van der Waals surface area contributed by atoms with E-state index in [2.05, 4.69) is 48.1 Å². The van der Waals surface area contributed by atoms with Crippen LogP contribution in [0.5, 0.6) is 0 Å². The summed E-state index contributed by atoms with van der Waals surface area (Å²) in [6.07, 6.45) is 1.66. The van der Waals surface area contributed by atoms with Crippen LogP contribution in [-0.4, -0.2) is 33.5 Å².